The van der Waals surface area contributed by atoms with Crippen LogP contribution in [0.25, 0.3) is 0 Å². The monoisotopic (exact) mass is 554 g/mol. The fourth-order valence-corrected chi connectivity index (χ4v) is 4.22. The number of nitrogens with one attached hydrogen (secondary N) is 2. The second-order valence-electron chi connectivity index (χ2n) is 9.39. The average molecular weight is 555 g/mol. The fourth-order valence-electron chi connectivity index (χ4n) is 4.22. The SMILES string of the molecule is C=CC(=O)Nc1cc(Nc2ncnc(N3OCC[C@@H]3c3cc(F)cc(F)c3)n2)c(OC)cc1N(C)CCN(C)C. The highest BCUT2D eigenvalue weighted by atomic mass is 19.1. The largest absolute Gasteiger partial charge is 0.494 e. The van der Waals surface area contributed by atoms with E-state index < -0.39 is 17.7 Å². The number of anilines is 5. The number of amides is 1. The van der Waals surface area contributed by atoms with Gasteiger partial charge in [-0.05, 0) is 43.9 Å². The summed E-state index contributed by atoms with van der Waals surface area (Å²) < 4.78 is 33.4. The van der Waals surface area contributed by atoms with Gasteiger partial charge in [-0.15, -0.1) is 0 Å². The van der Waals surface area contributed by atoms with E-state index in [1.807, 2.05) is 26.0 Å². The third-order valence-corrected chi connectivity index (χ3v) is 6.23. The molecule has 0 bridgehead atoms. The molecule has 40 heavy (non-hydrogen) atoms. The zero-order chi connectivity index (χ0) is 28.8. The first kappa shape index (κ1) is 28.6. The van der Waals surface area contributed by atoms with Crippen LogP contribution in [-0.4, -0.2) is 73.7 Å². The molecule has 3 aromatic rings. The summed E-state index contributed by atoms with van der Waals surface area (Å²) in [6.07, 6.45) is 2.97. The number of hydrogen-bond acceptors (Lipinski definition) is 10. The van der Waals surface area contributed by atoms with Crippen molar-refractivity contribution >= 4 is 34.9 Å². The van der Waals surface area contributed by atoms with Gasteiger partial charge in [0.25, 0.3) is 5.95 Å². The molecule has 13 heteroatoms. The zero-order valence-corrected chi connectivity index (χ0v) is 22.8. The summed E-state index contributed by atoms with van der Waals surface area (Å²) in [6.45, 7) is 5.35. The number of halogens is 2. The molecule has 212 valence electrons. The maximum atomic E-state index is 13.9. The van der Waals surface area contributed by atoms with E-state index in [-0.39, 0.29) is 17.8 Å². The number of rotatable bonds is 11. The third-order valence-electron chi connectivity index (χ3n) is 6.23. The Morgan fingerprint density at radius 2 is 1.90 bits per heavy atom. The molecule has 0 saturated carbocycles. The van der Waals surface area contributed by atoms with Crippen molar-refractivity contribution in [2.75, 3.05) is 68.5 Å². The summed E-state index contributed by atoms with van der Waals surface area (Å²) in [6, 6.07) is 6.37. The van der Waals surface area contributed by atoms with Crippen LogP contribution >= 0.6 is 0 Å². The van der Waals surface area contributed by atoms with Gasteiger partial charge >= 0.3 is 0 Å². The first-order chi connectivity index (χ1) is 19.2. The lowest BCUT2D eigenvalue weighted by Gasteiger charge is -2.26. The quantitative estimate of drug-likeness (QED) is 0.339. The lowest BCUT2D eigenvalue weighted by atomic mass is 10.0. The van der Waals surface area contributed by atoms with Gasteiger partial charge in [-0.1, -0.05) is 6.58 Å². The van der Waals surface area contributed by atoms with Crippen molar-refractivity contribution in [1.82, 2.24) is 19.9 Å². The van der Waals surface area contributed by atoms with Crippen LogP contribution in [0.4, 0.5) is 37.7 Å². The summed E-state index contributed by atoms with van der Waals surface area (Å²) in [5.41, 5.74) is 2.16. The Morgan fingerprint density at radius 3 is 2.58 bits per heavy atom. The van der Waals surface area contributed by atoms with Crippen molar-refractivity contribution in [2.24, 2.45) is 0 Å². The molecule has 1 aliphatic rings. The first-order valence-corrected chi connectivity index (χ1v) is 12.5. The number of carbonyl (C=O) groups is 1. The predicted molar refractivity (Wildman–Crippen MR) is 149 cm³/mol. The minimum atomic E-state index is -0.679. The zero-order valence-electron chi connectivity index (χ0n) is 22.8. The molecular formula is C27H32F2N8O3. The van der Waals surface area contributed by atoms with Crippen LogP contribution in [0, 0.1) is 11.6 Å². The Balaban J connectivity index is 1.64. The molecular weight excluding hydrogens is 522 g/mol. The number of aromatic nitrogens is 3. The van der Waals surface area contributed by atoms with Crippen molar-refractivity contribution in [1.29, 1.82) is 0 Å². The second kappa shape index (κ2) is 12.7. The molecule has 0 spiro atoms. The van der Waals surface area contributed by atoms with Crippen LogP contribution in [0.3, 0.4) is 0 Å². The lowest BCUT2D eigenvalue weighted by Crippen LogP contribution is -2.29. The minimum Gasteiger partial charge on any atom is -0.494 e. The van der Waals surface area contributed by atoms with E-state index in [1.54, 1.807) is 12.1 Å². The number of ether oxygens (including phenoxy) is 1. The van der Waals surface area contributed by atoms with E-state index in [1.165, 1.54) is 36.7 Å². The topological polar surface area (TPSA) is 108 Å². The van der Waals surface area contributed by atoms with Crippen molar-refractivity contribution in [3.63, 3.8) is 0 Å². The average Bonchev–Trinajstić information content (AvgIpc) is 3.42. The van der Waals surface area contributed by atoms with E-state index in [0.717, 1.165) is 18.3 Å². The standard InChI is InChI=1S/C27H32F2N8O3/c1-6-25(38)32-20-14-21(24(39-5)15-23(20)36(4)9-8-35(2)3)33-26-30-16-31-27(34-26)37-22(7-10-40-37)17-11-18(28)13-19(29)12-17/h6,11-16,22H,1,7-10H2,2-5H3,(H,32,38)(H,30,31,33,34)/t22-/m1/s1. The summed E-state index contributed by atoms with van der Waals surface area (Å²) >= 11 is 0. The van der Waals surface area contributed by atoms with Crippen LogP contribution in [0.2, 0.25) is 0 Å². The highest BCUT2D eigenvalue weighted by Gasteiger charge is 2.31. The van der Waals surface area contributed by atoms with Crippen molar-refractivity contribution in [2.45, 2.75) is 12.5 Å². The molecule has 1 fully saturated rings. The Labute approximate surface area is 231 Å². The van der Waals surface area contributed by atoms with Gasteiger partial charge in [-0.2, -0.15) is 9.97 Å². The summed E-state index contributed by atoms with van der Waals surface area (Å²) in [5.74, 6) is -0.923. The second-order valence-corrected chi connectivity index (χ2v) is 9.39. The van der Waals surface area contributed by atoms with Crippen LogP contribution in [0.1, 0.15) is 18.0 Å². The highest BCUT2D eigenvalue weighted by molar-refractivity contribution is 6.02. The van der Waals surface area contributed by atoms with E-state index >= 15 is 0 Å². The van der Waals surface area contributed by atoms with Crippen molar-refractivity contribution < 1.29 is 23.1 Å². The van der Waals surface area contributed by atoms with Crippen LogP contribution in [0.5, 0.6) is 5.75 Å². The molecule has 4 rings (SSSR count). The maximum Gasteiger partial charge on any atom is 0.255 e. The van der Waals surface area contributed by atoms with Gasteiger partial charge in [0.2, 0.25) is 11.9 Å². The Morgan fingerprint density at radius 1 is 1.15 bits per heavy atom. The number of likely N-dealkylation sites (N-methyl/N-ethyl adjacent to an activating group) is 2. The number of hydroxylamine groups is 1. The van der Waals surface area contributed by atoms with Crippen LogP contribution < -0.4 is 25.3 Å². The van der Waals surface area contributed by atoms with Gasteiger partial charge in [0.05, 0.1) is 36.8 Å². The van der Waals surface area contributed by atoms with Crippen molar-refractivity contribution in [3.05, 3.63) is 66.5 Å². The number of nitrogens with zero attached hydrogens (tertiary/aromatic N) is 6. The van der Waals surface area contributed by atoms with E-state index in [0.29, 0.717) is 42.3 Å². The Hall–Kier alpha value is -4.36. The summed E-state index contributed by atoms with van der Waals surface area (Å²) in [4.78, 5) is 34.9. The fraction of sp³-hybridized carbons (Fsp3) is 0.333. The van der Waals surface area contributed by atoms with E-state index in [4.69, 9.17) is 9.57 Å². The number of carbonyl (C=O) groups excluding carboxylic acids is 1. The number of hydrogen-bond donors (Lipinski definition) is 2. The molecule has 1 aromatic heterocycles. The van der Waals surface area contributed by atoms with Gasteiger partial charge in [0, 0.05) is 38.7 Å². The molecule has 2 heterocycles. The molecule has 0 unspecified atom stereocenters. The van der Waals surface area contributed by atoms with E-state index in [2.05, 4.69) is 37.1 Å². The Kier molecular flexibility index (Phi) is 9.07. The van der Waals surface area contributed by atoms with Gasteiger partial charge in [-0.3, -0.25) is 9.63 Å². The minimum absolute atomic E-state index is 0.156. The third kappa shape index (κ3) is 6.79. The number of benzene rings is 2. The van der Waals surface area contributed by atoms with Crippen molar-refractivity contribution in [3.8, 4) is 5.75 Å². The molecule has 0 aliphatic carbocycles. The Bertz CT molecular complexity index is 1350. The predicted octanol–water partition coefficient (Wildman–Crippen LogP) is 3.91. The highest BCUT2D eigenvalue weighted by Crippen LogP contribution is 2.38. The molecule has 11 nitrogen and oxygen atoms in total. The van der Waals surface area contributed by atoms with E-state index in [9.17, 15) is 13.6 Å². The molecule has 1 saturated heterocycles. The van der Waals surface area contributed by atoms with Gasteiger partial charge in [0.15, 0.2) is 0 Å². The molecule has 2 N–H and O–H groups in total. The van der Waals surface area contributed by atoms with Gasteiger partial charge < -0.3 is 25.2 Å². The molecule has 2 aromatic carbocycles. The van der Waals surface area contributed by atoms with Crippen LogP contribution in [-0.2, 0) is 9.63 Å². The lowest BCUT2D eigenvalue weighted by molar-refractivity contribution is -0.111. The first-order valence-electron chi connectivity index (χ1n) is 12.5. The van der Waals surface area contributed by atoms with Crippen LogP contribution in [0.15, 0.2) is 49.3 Å². The molecule has 1 amide bonds. The van der Waals surface area contributed by atoms with Gasteiger partial charge in [0.1, 0.15) is 23.7 Å². The maximum absolute atomic E-state index is 13.9. The van der Waals surface area contributed by atoms with Gasteiger partial charge in [-0.25, -0.2) is 18.8 Å². The molecule has 1 atom stereocenters. The molecule has 1 aliphatic heterocycles. The molecule has 0 radical (unpaired) electrons. The summed E-state index contributed by atoms with van der Waals surface area (Å²) in [7, 11) is 7.42. The smallest absolute Gasteiger partial charge is 0.255 e. The number of methoxy groups -OCH3 is 1. The summed E-state index contributed by atoms with van der Waals surface area (Å²) in [5, 5.41) is 7.37. The normalized spacial score (nSPS) is 14.8.